The molecule has 0 unspecified atom stereocenters. The molecule has 0 aliphatic heterocycles. The third-order valence-corrected chi connectivity index (χ3v) is 2.33. The number of halogens is 2. The van der Waals surface area contributed by atoms with Crippen molar-refractivity contribution in [2.24, 2.45) is 0 Å². The standard InChI is InChI=1S/C13H19F2NO2/c1-9(2)16-7-10-5-4-6-11(17-3)13(10)18-8-12(14)15/h4-6,9,12,16H,7-8H2,1-3H3. The minimum absolute atomic E-state index is 0.305. The van der Waals surface area contributed by atoms with Crippen LogP contribution >= 0.6 is 0 Å². The third kappa shape index (κ3) is 4.49. The molecule has 0 heterocycles. The molecular weight excluding hydrogens is 240 g/mol. The minimum atomic E-state index is -2.50. The number of methoxy groups -OCH3 is 1. The molecule has 5 heteroatoms. The van der Waals surface area contributed by atoms with Crippen molar-refractivity contribution in [1.82, 2.24) is 5.32 Å². The summed E-state index contributed by atoms with van der Waals surface area (Å²) in [7, 11) is 1.49. The quantitative estimate of drug-likeness (QED) is 0.816. The Morgan fingerprint density at radius 2 is 2.00 bits per heavy atom. The lowest BCUT2D eigenvalue weighted by Gasteiger charge is -2.16. The first kappa shape index (κ1) is 14.7. The van der Waals surface area contributed by atoms with Crippen LogP contribution in [0.2, 0.25) is 0 Å². The van der Waals surface area contributed by atoms with E-state index in [1.54, 1.807) is 6.07 Å². The highest BCUT2D eigenvalue weighted by atomic mass is 19.3. The maximum atomic E-state index is 12.2. The Kier molecular flexibility index (Phi) is 5.85. The molecule has 0 bridgehead atoms. The number of benzene rings is 1. The van der Waals surface area contributed by atoms with E-state index in [2.05, 4.69) is 5.32 Å². The van der Waals surface area contributed by atoms with E-state index in [0.29, 0.717) is 24.1 Å². The molecule has 3 nitrogen and oxygen atoms in total. The van der Waals surface area contributed by atoms with Crippen molar-refractivity contribution >= 4 is 0 Å². The van der Waals surface area contributed by atoms with E-state index in [1.165, 1.54) is 7.11 Å². The lowest BCUT2D eigenvalue weighted by Crippen LogP contribution is -2.22. The minimum Gasteiger partial charge on any atom is -0.493 e. The smallest absolute Gasteiger partial charge is 0.272 e. The SMILES string of the molecule is COc1cccc(CNC(C)C)c1OCC(F)F. The summed E-state index contributed by atoms with van der Waals surface area (Å²) in [6.45, 7) is 3.95. The van der Waals surface area contributed by atoms with Crippen LogP contribution < -0.4 is 14.8 Å². The number of rotatable bonds is 7. The van der Waals surface area contributed by atoms with Gasteiger partial charge in [0, 0.05) is 18.2 Å². The van der Waals surface area contributed by atoms with Crippen molar-refractivity contribution in [3.05, 3.63) is 23.8 Å². The van der Waals surface area contributed by atoms with E-state index in [-0.39, 0.29) is 0 Å². The molecule has 0 spiro atoms. The summed E-state index contributed by atoms with van der Waals surface area (Å²) >= 11 is 0. The van der Waals surface area contributed by atoms with Crippen molar-refractivity contribution in [3.63, 3.8) is 0 Å². The summed E-state index contributed by atoms with van der Waals surface area (Å²) in [5, 5.41) is 3.22. The lowest BCUT2D eigenvalue weighted by molar-refractivity contribution is 0.0798. The largest absolute Gasteiger partial charge is 0.493 e. The number of alkyl halides is 2. The highest BCUT2D eigenvalue weighted by molar-refractivity contribution is 5.46. The van der Waals surface area contributed by atoms with Crippen LogP contribution in [0.15, 0.2) is 18.2 Å². The van der Waals surface area contributed by atoms with Crippen LogP contribution in [0.5, 0.6) is 11.5 Å². The van der Waals surface area contributed by atoms with Gasteiger partial charge in [-0.25, -0.2) is 8.78 Å². The van der Waals surface area contributed by atoms with Gasteiger partial charge in [0.05, 0.1) is 7.11 Å². The number of para-hydroxylation sites is 1. The van der Waals surface area contributed by atoms with Crippen LogP contribution in [0.3, 0.4) is 0 Å². The molecule has 0 aromatic heterocycles. The predicted octanol–water partition coefficient (Wildman–Crippen LogP) is 2.84. The third-order valence-electron chi connectivity index (χ3n) is 2.33. The molecule has 1 aromatic carbocycles. The first-order chi connectivity index (χ1) is 8.54. The molecule has 1 rings (SSSR count). The highest BCUT2D eigenvalue weighted by Crippen LogP contribution is 2.31. The summed E-state index contributed by atoms with van der Waals surface area (Å²) in [5.41, 5.74) is 0.809. The zero-order valence-corrected chi connectivity index (χ0v) is 10.9. The number of hydrogen-bond acceptors (Lipinski definition) is 3. The summed E-state index contributed by atoms with van der Waals surface area (Å²) in [5.74, 6) is 0.854. The number of nitrogens with one attached hydrogen (secondary N) is 1. The lowest BCUT2D eigenvalue weighted by atomic mass is 10.1. The normalized spacial score (nSPS) is 11.1. The summed E-state index contributed by atoms with van der Waals surface area (Å²) in [4.78, 5) is 0. The maximum Gasteiger partial charge on any atom is 0.272 e. The van der Waals surface area contributed by atoms with Crippen LogP contribution in [0, 0.1) is 0 Å². The molecule has 0 aliphatic carbocycles. The Morgan fingerprint density at radius 1 is 1.28 bits per heavy atom. The molecule has 1 N–H and O–H groups in total. The Hall–Kier alpha value is -1.36. The van der Waals surface area contributed by atoms with E-state index in [9.17, 15) is 8.78 Å². The second-order valence-corrected chi connectivity index (χ2v) is 4.19. The van der Waals surface area contributed by atoms with Gasteiger partial charge in [-0.05, 0) is 6.07 Å². The van der Waals surface area contributed by atoms with E-state index in [1.807, 2.05) is 26.0 Å². The molecule has 0 aliphatic rings. The zero-order valence-electron chi connectivity index (χ0n) is 10.9. The van der Waals surface area contributed by atoms with E-state index < -0.39 is 13.0 Å². The van der Waals surface area contributed by atoms with Gasteiger partial charge in [0.15, 0.2) is 11.5 Å². The molecule has 102 valence electrons. The van der Waals surface area contributed by atoms with Crippen molar-refractivity contribution in [2.45, 2.75) is 32.9 Å². The van der Waals surface area contributed by atoms with Crippen LogP contribution in [0.25, 0.3) is 0 Å². The first-order valence-corrected chi connectivity index (χ1v) is 5.84. The predicted molar refractivity (Wildman–Crippen MR) is 66.5 cm³/mol. The van der Waals surface area contributed by atoms with Crippen LogP contribution in [0.1, 0.15) is 19.4 Å². The Bertz CT molecular complexity index is 370. The van der Waals surface area contributed by atoms with Gasteiger partial charge in [-0.2, -0.15) is 0 Å². The second-order valence-electron chi connectivity index (χ2n) is 4.19. The van der Waals surface area contributed by atoms with Crippen molar-refractivity contribution in [2.75, 3.05) is 13.7 Å². The molecule has 0 radical (unpaired) electrons. The van der Waals surface area contributed by atoms with Gasteiger partial charge in [0.25, 0.3) is 6.43 Å². The fourth-order valence-corrected chi connectivity index (χ4v) is 1.49. The molecular formula is C13H19F2NO2. The summed E-state index contributed by atoms with van der Waals surface area (Å²) < 4.78 is 34.7. The van der Waals surface area contributed by atoms with Gasteiger partial charge in [0.2, 0.25) is 0 Å². The maximum absolute atomic E-state index is 12.2. The Labute approximate surface area is 106 Å². The molecule has 0 saturated carbocycles. The Balaban J connectivity index is 2.85. The van der Waals surface area contributed by atoms with Crippen LogP contribution in [-0.2, 0) is 6.54 Å². The molecule has 0 atom stereocenters. The first-order valence-electron chi connectivity index (χ1n) is 5.84. The van der Waals surface area contributed by atoms with E-state index in [4.69, 9.17) is 9.47 Å². The summed E-state index contributed by atoms with van der Waals surface area (Å²) in [6, 6.07) is 5.64. The topological polar surface area (TPSA) is 30.5 Å². The van der Waals surface area contributed by atoms with Crippen molar-refractivity contribution in [1.29, 1.82) is 0 Å². The number of hydrogen-bond donors (Lipinski definition) is 1. The van der Waals surface area contributed by atoms with Gasteiger partial charge in [-0.3, -0.25) is 0 Å². The molecule has 18 heavy (non-hydrogen) atoms. The molecule has 1 aromatic rings. The summed E-state index contributed by atoms with van der Waals surface area (Å²) in [6.07, 6.45) is -2.50. The Morgan fingerprint density at radius 3 is 2.56 bits per heavy atom. The molecule has 0 saturated heterocycles. The van der Waals surface area contributed by atoms with Gasteiger partial charge >= 0.3 is 0 Å². The van der Waals surface area contributed by atoms with Gasteiger partial charge in [0.1, 0.15) is 6.61 Å². The van der Waals surface area contributed by atoms with Gasteiger partial charge < -0.3 is 14.8 Å². The van der Waals surface area contributed by atoms with Crippen molar-refractivity contribution in [3.8, 4) is 11.5 Å². The molecule has 0 fully saturated rings. The zero-order chi connectivity index (χ0) is 13.5. The van der Waals surface area contributed by atoms with E-state index >= 15 is 0 Å². The fraction of sp³-hybridized carbons (Fsp3) is 0.538. The number of ether oxygens (including phenoxy) is 2. The molecule has 0 amide bonds. The highest BCUT2D eigenvalue weighted by Gasteiger charge is 2.13. The van der Waals surface area contributed by atoms with Crippen molar-refractivity contribution < 1.29 is 18.3 Å². The second kappa shape index (κ2) is 7.16. The van der Waals surface area contributed by atoms with Gasteiger partial charge in [-0.1, -0.05) is 26.0 Å². The van der Waals surface area contributed by atoms with Crippen LogP contribution in [0.4, 0.5) is 8.78 Å². The average Bonchev–Trinajstić information content (AvgIpc) is 2.33. The average molecular weight is 259 g/mol. The fourth-order valence-electron chi connectivity index (χ4n) is 1.49. The van der Waals surface area contributed by atoms with E-state index in [0.717, 1.165) is 5.56 Å². The van der Waals surface area contributed by atoms with Crippen LogP contribution in [-0.4, -0.2) is 26.2 Å². The monoisotopic (exact) mass is 259 g/mol. The van der Waals surface area contributed by atoms with Gasteiger partial charge in [-0.15, -0.1) is 0 Å².